The van der Waals surface area contributed by atoms with E-state index in [-0.39, 0.29) is 0 Å². The van der Waals surface area contributed by atoms with E-state index in [1.54, 1.807) is 11.3 Å². The number of nitrogens with zero attached hydrogens (tertiary/aromatic N) is 1. The molecule has 0 aliphatic heterocycles. The van der Waals surface area contributed by atoms with E-state index >= 15 is 0 Å². The van der Waals surface area contributed by atoms with Gasteiger partial charge in [-0.15, -0.1) is 0 Å². The van der Waals surface area contributed by atoms with Crippen LogP contribution < -0.4 is 5.32 Å². The molecule has 104 valence electrons. The average Bonchev–Trinajstić information content (AvgIpc) is 2.77. The van der Waals surface area contributed by atoms with Gasteiger partial charge in [0.2, 0.25) is 0 Å². The van der Waals surface area contributed by atoms with Gasteiger partial charge >= 0.3 is 0 Å². The van der Waals surface area contributed by atoms with E-state index in [9.17, 15) is 0 Å². The van der Waals surface area contributed by atoms with Crippen LogP contribution in [-0.4, -0.2) is 11.0 Å². The fourth-order valence-corrected chi connectivity index (χ4v) is 3.44. The van der Waals surface area contributed by atoms with Gasteiger partial charge in [0.05, 0.1) is 10.2 Å². The van der Waals surface area contributed by atoms with E-state index in [0.29, 0.717) is 6.04 Å². The van der Waals surface area contributed by atoms with Gasteiger partial charge in [-0.2, -0.15) is 0 Å². The fraction of sp³-hybridized carbons (Fsp3) is 0.533. The number of aromatic nitrogens is 1. The molecule has 1 heterocycles. The molecule has 1 N–H and O–H groups in total. The predicted octanol–water partition coefficient (Wildman–Crippen LogP) is 5.72. The van der Waals surface area contributed by atoms with Gasteiger partial charge in [-0.05, 0) is 31.0 Å². The Hall–Kier alpha value is -0.800. The summed E-state index contributed by atoms with van der Waals surface area (Å²) in [6, 6.07) is 6.41. The molecular formula is C15H21ClN2S. The Morgan fingerprint density at radius 1 is 1.26 bits per heavy atom. The van der Waals surface area contributed by atoms with E-state index in [2.05, 4.69) is 24.1 Å². The lowest BCUT2D eigenvalue weighted by Crippen LogP contribution is -2.18. The van der Waals surface area contributed by atoms with Crippen LogP contribution in [0.25, 0.3) is 10.2 Å². The average molecular weight is 297 g/mol. The van der Waals surface area contributed by atoms with Gasteiger partial charge in [-0.1, -0.05) is 56.0 Å². The lowest BCUT2D eigenvalue weighted by molar-refractivity contribution is 0.564. The number of rotatable bonds is 7. The second-order valence-corrected chi connectivity index (χ2v) is 6.37. The molecule has 2 aromatic rings. The number of hydrogen-bond acceptors (Lipinski definition) is 3. The van der Waals surface area contributed by atoms with Gasteiger partial charge < -0.3 is 5.32 Å². The maximum Gasteiger partial charge on any atom is 0.184 e. The summed E-state index contributed by atoms with van der Waals surface area (Å²) in [5, 5.41) is 5.38. The Balaban J connectivity index is 2.09. The van der Waals surface area contributed by atoms with Crippen LogP contribution in [0.2, 0.25) is 5.02 Å². The molecule has 0 fully saturated rings. The standard InChI is InChI=1S/C15H21ClN2S/c1-3-5-7-12(6-4-2)17-15-18-13-9-8-11(16)10-14(13)19-15/h8-10,12H,3-7H2,1-2H3,(H,17,18). The molecule has 2 nitrogen and oxygen atoms in total. The number of halogens is 1. The maximum atomic E-state index is 6.01. The van der Waals surface area contributed by atoms with Crippen molar-refractivity contribution in [2.45, 2.75) is 52.0 Å². The van der Waals surface area contributed by atoms with Crippen molar-refractivity contribution >= 4 is 38.3 Å². The third-order valence-corrected chi connectivity index (χ3v) is 4.41. The minimum Gasteiger partial charge on any atom is -0.359 e. The highest BCUT2D eigenvalue weighted by Crippen LogP contribution is 2.29. The quantitative estimate of drug-likeness (QED) is 0.706. The van der Waals surface area contributed by atoms with E-state index in [1.165, 1.54) is 32.1 Å². The number of hydrogen-bond donors (Lipinski definition) is 1. The summed E-state index contributed by atoms with van der Waals surface area (Å²) >= 11 is 7.70. The molecule has 0 aliphatic rings. The van der Waals surface area contributed by atoms with Crippen molar-refractivity contribution in [3.63, 3.8) is 0 Å². The van der Waals surface area contributed by atoms with E-state index in [0.717, 1.165) is 20.4 Å². The first-order chi connectivity index (χ1) is 9.22. The third-order valence-electron chi connectivity index (χ3n) is 3.22. The van der Waals surface area contributed by atoms with Crippen LogP contribution in [0, 0.1) is 0 Å². The van der Waals surface area contributed by atoms with Crippen LogP contribution in [0.15, 0.2) is 18.2 Å². The van der Waals surface area contributed by atoms with Gasteiger partial charge in [0.25, 0.3) is 0 Å². The first kappa shape index (κ1) is 14.6. The monoisotopic (exact) mass is 296 g/mol. The molecule has 19 heavy (non-hydrogen) atoms. The number of fused-ring (bicyclic) bond motifs is 1. The Labute approximate surface area is 124 Å². The Kier molecular flexibility index (Phi) is 5.46. The molecule has 0 saturated carbocycles. The molecule has 0 bridgehead atoms. The van der Waals surface area contributed by atoms with Gasteiger partial charge in [0.1, 0.15) is 0 Å². The summed E-state index contributed by atoms with van der Waals surface area (Å²) in [6.07, 6.45) is 6.15. The molecule has 4 heteroatoms. The highest BCUT2D eigenvalue weighted by atomic mass is 35.5. The van der Waals surface area contributed by atoms with E-state index in [4.69, 9.17) is 11.6 Å². The zero-order valence-electron chi connectivity index (χ0n) is 11.6. The number of anilines is 1. The SMILES string of the molecule is CCCCC(CCC)Nc1nc2ccc(Cl)cc2s1. The summed E-state index contributed by atoms with van der Waals surface area (Å²) in [4.78, 5) is 4.63. The highest BCUT2D eigenvalue weighted by molar-refractivity contribution is 7.22. The van der Waals surface area contributed by atoms with Crippen molar-refractivity contribution in [1.29, 1.82) is 0 Å². The van der Waals surface area contributed by atoms with Gasteiger partial charge in [-0.3, -0.25) is 0 Å². The number of benzene rings is 1. The molecule has 0 saturated heterocycles. The second-order valence-electron chi connectivity index (χ2n) is 4.90. The number of thiazole rings is 1. The largest absolute Gasteiger partial charge is 0.359 e. The highest BCUT2D eigenvalue weighted by Gasteiger charge is 2.10. The molecule has 0 aliphatic carbocycles. The first-order valence-corrected chi connectivity index (χ1v) is 8.25. The topological polar surface area (TPSA) is 24.9 Å². The zero-order chi connectivity index (χ0) is 13.7. The number of nitrogens with one attached hydrogen (secondary N) is 1. The van der Waals surface area contributed by atoms with Crippen molar-refractivity contribution in [3.05, 3.63) is 23.2 Å². The smallest absolute Gasteiger partial charge is 0.184 e. The fourth-order valence-electron chi connectivity index (χ4n) is 2.22. The molecule has 0 amide bonds. The van der Waals surface area contributed by atoms with E-state index < -0.39 is 0 Å². The van der Waals surface area contributed by atoms with Crippen molar-refractivity contribution in [2.24, 2.45) is 0 Å². The van der Waals surface area contributed by atoms with Crippen LogP contribution in [-0.2, 0) is 0 Å². The van der Waals surface area contributed by atoms with Gasteiger partial charge in [-0.25, -0.2) is 4.98 Å². The van der Waals surface area contributed by atoms with Crippen molar-refractivity contribution in [3.8, 4) is 0 Å². The van der Waals surface area contributed by atoms with Gasteiger partial charge in [0, 0.05) is 11.1 Å². The molecule has 1 aromatic carbocycles. The molecule has 1 aromatic heterocycles. The number of unbranched alkanes of at least 4 members (excludes halogenated alkanes) is 1. The zero-order valence-corrected chi connectivity index (χ0v) is 13.2. The van der Waals surface area contributed by atoms with Crippen molar-refractivity contribution in [1.82, 2.24) is 4.98 Å². The summed E-state index contributed by atoms with van der Waals surface area (Å²) < 4.78 is 1.15. The van der Waals surface area contributed by atoms with Crippen molar-refractivity contribution < 1.29 is 0 Å². The Morgan fingerprint density at radius 3 is 2.84 bits per heavy atom. The summed E-state index contributed by atoms with van der Waals surface area (Å²) in [6.45, 7) is 4.47. The second kappa shape index (κ2) is 7.11. The Morgan fingerprint density at radius 2 is 2.11 bits per heavy atom. The van der Waals surface area contributed by atoms with Crippen LogP contribution in [0.1, 0.15) is 46.0 Å². The minimum absolute atomic E-state index is 0.543. The van der Waals surface area contributed by atoms with Gasteiger partial charge in [0.15, 0.2) is 5.13 Å². The van der Waals surface area contributed by atoms with Crippen LogP contribution in [0.3, 0.4) is 0 Å². The Bertz CT molecular complexity index is 524. The minimum atomic E-state index is 0.543. The summed E-state index contributed by atoms with van der Waals surface area (Å²) in [5.41, 5.74) is 1.03. The normalized spacial score (nSPS) is 12.8. The molecule has 0 spiro atoms. The molecule has 1 unspecified atom stereocenters. The summed E-state index contributed by atoms with van der Waals surface area (Å²) in [5.74, 6) is 0. The lowest BCUT2D eigenvalue weighted by Gasteiger charge is -2.16. The van der Waals surface area contributed by atoms with Crippen LogP contribution >= 0.6 is 22.9 Å². The first-order valence-electron chi connectivity index (χ1n) is 7.05. The summed E-state index contributed by atoms with van der Waals surface area (Å²) in [7, 11) is 0. The molecule has 0 radical (unpaired) electrons. The maximum absolute atomic E-state index is 6.01. The van der Waals surface area contributed by atoms with Crippen molar-refractivity contribution in [2.75, 3.05) is 5.32 Å². The molecule has 2 rings (SSSR count). The predicted molar refractivity (Wildman–Crippen MR) is 86.5 cm³/mol. The third kappa shape index (κ3) is 4.08. The van der Waals surface area contributed by atoms with E-state index in [1.807, 2.05) is 18.2 Å². The lowest BCUT2D eigenvalue weighted by atomic mass is 10.1. The molecule has 1 atom stereocenters. The molecular weight excluding hydrogens is 276 g/mol. The van der Waals surface area contributed by atoms with Crippen LogP contribution in [0.4, 0.5) is 5.13 Å². The van der Waals surface area contributed by atoms with Crippen LogP contribution in [0.5, 0.6) is 0 Å².